The largest absolute Gasteiger partial charge is 0.451 e. The van der Waals surface area contributed by atoms with Crippen molar-refractivity contribution in [1.82, 2.24) is 5.32 Å². The molecule has 3 N–H and O–H groups in total. The summed E-state index contributed by atoms with van der Waals surface area (Å²) in [5.41, 5.74) is 3.27. The number of fused-ring (bicyclic) bond motifs is 1. The molecule has 0 bridgehead atoms. The Morgan fingerprint density at radius 3 is 2.39 bits per heavy atom. The number of hydrogen-bond donors (Lipinski definition) is 3. The van der Waals surface area contributed by atoms with Crippen LogP contribution in [0, 0.1) is 6.92 Å². The second-order valence-electron chi connectivity index (χ2n) is 8.33. The van der Waals surface area contributed by atoms with Crippen molar-refractivity contribution in [2.45, 2.75) is 6.92 Å². The molecule has 2 amide bonds. The molecular formula is C28H19Cl2N3O4S. The lowest BCUT2D eigenvalue weighted by Crippen LogP contribution is -2.33. The molecule has 0 saturated heterocycles. The molecule has 0 fully saturated rings. The van der Waals surface area contributed by atoms with Crippen LogP contribution in [0.15, 0.2) is 87.7 Å². The molecule has 3 aromatic carbocycles. The van der Waals surface area contributed by atoms with E-state index in [0.29, 0.717) is 38.3 Å². The number of carbonyl (C=O) groups excluding carboxylic acids is 2. The van der Waals surface area contributed by atoms with E-state index in [1.165, 1.54) is 6.07 Å². The molecule has 0 radical (unpaired) electrons. The normalized spacial score (nSPS) is 10.8. The maximum Gasteiger partial charge on any atom is 0.293 e. The fraction of sp³-hybridized carbons (Fsp3) is 0.0357. The van der Waals surface area contributed by atoms with Crippen molar-refractivity contribution in [3.05, 3.63) is 106 Å². The van der Waals surface area contributed by atoms with E-state index in [4.69, 9.17) is 44.3 Å². The third-order valence-electron chi connectivity index (χ3n) is 5.64. The van der Waals surface area contributed by atoms with E-state index in [1.54, 1.807) is 54.6 Å². The van der Waals surface area contributed by atoms with Gasteiger partial charge in [0, 0.05) is 27.3 Å². The smallest absolute Gasteiger partial charge is 0.293 e. The Kier molecular flexibility index (Phi) is 7.20. The first-order chi connectivity index (χ1) is 18.3. The van der Waals surface area contributed by atoms with Crippen LogP contribution in [0.4, 0.5) is 11.4 Å². The summed E-state index contributed by atoms with van der Waals surface area (Å²) in [5.74, 6) is -0.173. The van der Waals surface area contributed by atoms with Crippen molar-refractivity contribution in [2.75, 3.05) is 10.6 Å². The Bertz CT molecular complexity index is 1680. The monoisotopic (exact) mass is 563 g/mol. The number of benzene rings is 3. The zero-order chi connectivity index (χ0) is 26.8. The van der Waals surface area contributed by atoms with Gasteiger partial charge >= 0.3 is 0 Å². The first kappa shape index (κ1) is 25.5. The minimum Gasteiger partial charge on any atom is -0.451 e. The van der Waals surface area contributed by atoms with Gasteiger partial charge in [0.25, 0.3) is 11.8 Å². The average Bonchev–Trinajstić information content (AvgIpc) is 3.53. The third kappa shape index (κ3) is 5.57. The molecule has 5 rings (SSSR count). The SMILES string of the molecule is Cc1cc(NC(=S)NC(=O)c2ccc(-c3ccc(Cl)cc3Cl)o2)ccc1NC(=O)c1cc2ccccc2o1. The maximum absolute atomic E-state index is 12.7. The van der Waals surface area contributed by atoms with Gasteiger partial charge in [-0.3, -0.25) is 14.9 Å². The molecule has 0 aliphatic heterocycles. The van der Waals surface area contributed by atoms with Crippen molar-refractivity contribution in [3.8, 4) is 11.3 Å². The Morgan fingerprint density at radius 2 is 1.63 bits per heavy atom. The van der Waals surface area contributed by atoms with Crippen molar-refractivity contribution in [2.24, 2.45) is 0 Å². The molecule has 0 saturated carbocycles. The molecule has 0 aliphatic carbocycles. The molecule has 0 spiro atoms. The summed E-state index contributed by atoms with van der Waals surface area (Å²) in [7, 11) is 0. The predicted octanol–water partition coefficient (Wildman–Crippen LogP) is 7.69. The molecule has 10 heteroatoms. The lowest BCUT2D eigenvalue weighted by molar-refractivity contribution is 0.0950. The summed E-state index contributed by atoms with van der Waals surface area (Å²) in [6.07, 6.45) is 0. The first-order valence-electron chi connectivity index (χ1n) is 11.3. The summed E-state index contributed by atoms with van der Waals surface area (Å²) in [6.45, 7) is 1.84. The molecule has 190 valence electrons. The minimum absolute atomic E-state index is 0.0648. The van der Waals surface area contributed by atoms with Gasteiger partial charge in [0.15, 0.2) is 16.6 Å². The van der Waals surface area contributed by atoms with Crippen LogP contribution in [-0.2, 0) is 0 Å². The third-order valence-corrected chi connectivity index (χ3v) is 6.39. The van der Waals surface area contributed by atoms with Crippen LogP contribution in [0.2, 0.25) is 10.0 Å². The maximum atomic E-state index is 12.7. The van der Waals surface area contributed by atoms with Crippen LogP contribution in [-0.4, -0.2) is 16.9 Å². The van der Waals surface area contributed by atoms with Gasteiger partial charge in [-0.25, -0.2) is 0 Å². The van der Waals surface area contributed by atoms with Gasteiger partial charge in [-0.15, -0.1) is 0 Å². The predicted molar refractivity (Wildman–Crippen MR) is 153 cm³/mol. The number of furan rings is 2. The molecule has 7 nitrogen and oxygen atoms in total. The second kappa shape index (κ2) is 10.7. The minimum atomic E-state index is -0.523. The van der Waals surface area contributed by atoms with Gasteiger partial charge in [-0.05, 0) is 85.4 Å². The summed E-state index contributed by atoms with van der Waals surface area (Å²) in [6, 6.07) is 22.5. The number of thiocarbonyl (C=S) groups is 1. The van der Waals surface area contributed by atoms with E-state index in [-0.39, 0.29) is 22.5 Å². The number of carbonyl (C=O) groups is 2. The zero-order valence-electron chi connectivity index (χ0n) is 19.8. The van der Waals surface area contributed by atoms with E-state index in [1.807, 2.05) is 25.1 Å². The summed E-state index contributed by atoms with van der Waals surface area (Å²) in [5, 5.41) is 10.2. The summed E-state index contributed by atoms with van der Waals surface area (Å²) < 4.78 is 11.3. The van der Waals surface area contributed by atoms with Crippen molar-refractivity contribution >= 4 is 74.7 Å². The number of aryl methyl sites for hydroxylation is 1. The number of rotatable bonds is 5. The number of anilines is 2. The van der Waals surface area contributed by atoms with Gasteiger partial charge in [0.05, 0.1) is 5.02 Å². The number of nitrogens with one attached hydrogen (secondary N) is 3. The van der Waals surface area contributed by atoms with Gasteiger partial charge in [0.2, 0.25) is 0 Å². The van der Waals surface area contributed by atoms with Crippen LogP contribution < -0.4 is 16.0 Å². The highest BCUT2D eigenvalue weighted by atomic mass is 35.5. The topological polar surface area (TPSA) is 96.5 Å². The molecule has 0 aliphatic rings. The van der Waals surface area contributed by atoms with Gasteiger partial charge in [-0.2, -0.15) is 0 Å². The highest BCUT2D eigenvalue weighted by molar-refractivity contribution is 7.80. The van der Waals surface area contributed by atoms with E-state index >= 15 is 0 Å². The molecule has 2 heterocycles. The van der Waals surface area contributed by atoms with E-state index < -0.39 is 5.91 Å². The lowest BCUT2D eigenvalue weighted by atomic mass is 10.1. The Labute approximate surface area is 232 Å². The molecule has 5 aromatic rings. The highest BCUT2D eigenvalue weighted by Crippen LogP contribution is 2.31. The zero-order valence-corrected chi connectivity index (χ0v) is 22.1. The Hall–Kier alpha value is -4.11. The molecule has 0 unspecified atom stereocenters. The second-order valence-corrected chi connectivity index (χ2v) is 9.58. The standard InChI is InChI=1S/C28H19Cl2N3O4S/c1-15-12-18(7-9-21(15)32-27(35)25-13-16-4-2-3-5-22(16)36-25)31-28(38)33-26(34)24-11-10-23(37-24)19-8-6-17(29)14-20(19)30/h2-14H,1H3,(H,32,35)(H2,31,33,34,38). The quantitative estimate of drug-likeness (QED) is 0.190. The molecule has 2 aromatic heterocycles. The van der Waals surface area contributed by atoms with Crippen LogP contribution in [0.3, 0.4) is 0 Å². The van der Waals surface area contributed by atoms with Crippen molar-refractivity contribution in [3.63, 3.8) is 0 Å². The summed E-state index contributed by atoms with van der Waals surface area (Å²) in [4.78, 5) is 25.3. The number of halogens is 2. The van der Waals surface area contributed by atoms with Crippen LogP contribution in [0.1, 0.15) is 26.7 Å². The van der Waals surface area contributed by atoms with E-state index in [9.17, 15) is 9.59 Å². The van der Waals surface area contributed by atoms with Gasteiger partial charge in [0.1, 0.15) is 11.3 Å². The van der Waals surface area contributed by atoms with Gasteiger partial charge < -0.3 is 19.5 Å². The Morgan fingerprint density at radius 1 is 0.816 bits per heavy atom. The number of para-hydroxylation sites is 1. The van der Waals surface area contributed by atoms with E-state index in [2.05, 4.69) is 16.0 Å². The Balaban J connectivity index is 1.20. The first-order valence-corrected chi connectivity index (χ1v) is 12.5. The van der Waals surface area contributed by atoms with Crippen LogP contribution >= 0.6 is 35.4 Å². The van der Waals surface area contributed by atoms with E-state index in [0.717, 1.165) is 10.9 Å². The van der Waals surface area contributed by atoms with Crippen molar-refractivity contribution < 1.29 is 18.4 Å². The summed E-state index contributed by atoms with van der Waals surface area (Å²) >= 11 is 17.5. The fourth-order valence-electron chi connectivity index (χ4n) is 3.78. The number of hydrogen-bond acceptors (Lipinski definition) is 5. The molecular weight excluding hydrogens is 545 g/mol. The van der Waals surface area contributed by atoms with Gasteiger partial charge in [-0.1, -0.05) is 41.4 Å². The van der Waals surface area contributed by atoms with Crippen LogP contribution in [0.25, 0.3) is 22.3 Å². The molecule has 38 heavy (non-hydrogen) atoms. The van der Waals surface area contributed by atoms with Crippen LogP contribution in [0.5, 0.6) is 0 Å². The highest BCUT2D eigenvalue weighted by Gasteiger charge is 2.17. The number of amides is 2. The molecule has 0 atom stereocenters. The fourth-order valence-corrected chi connectivity index (χ4v) is 4.49. The van der Waals surface area contributed by atoms with Crippen molar-refractivity contribution in [1.29, 1.82) is 0 Å². The average molecular weight is 564 g/mol. The lowest BCUT2D eigenvalue weighted by Gasteiger charge is -2.12.